The maximum Gasteiger partial charge on any atom is 0.331 e. The Bertz CT molecular complexity index is 801. The summed E-state index contributed by atoms with van der Waals surface area (Å²) in [5, 5.41) is 0. The van der Waals surface area contributed by atoms with Gasteiger partial charge in [-0.2, -0.15) is 0 Å². The van der Waals surface area contributed by atoms with Crippen molar-refractivity contribution in [3.05, 3.63) is 75.8 Å². The van der Waals surface area contributed by atoms with E-state index in [0.717, 1.165) is 25.6 Å². The van der Waals surface area contributed by atoms with Gasteiger partial charge >= 0.3 is 5.97 Å². The summed E-state index contributed by atoms with van der Waals surface area (Å²) in [6, 6.07) is 15.3. The van der Waals surface area contributed by atoms with Crippen LogP contribution in [0.3, 0.4) is 0 Å². The number of benzene rings is 1. The second-order valence-electron chi connectivity index (χ2n) is 4.75. The van der Waals surface area contributed by atoms with E-state index in [1.807, 2.05) is 48.5 Å². The number of carbonyl (C=O) groups excluding carboxylic acids is 1. The first-order chi connectivity index (χ1) is 11.2. The number of halogens is 1. The summed E-state index contributed by atoms with van der Waals surface area (Å²) in [5.41, 5.74) is 0.950. The van der Waals surface area contributed by atoms with Crippen LogP contribution in [0.4, 0.5) is 0 Å². The summed E-state index contributed by atoms with van der Waals surface area (Å²) < 4.78 is 11.6. The fourth-order valence-corrected chi connectivity index (χ4v) is 3.07. The summed E-state index contributed by atoms with van der Waals surface area (Å²) in [4.78, 5) is 13.8. The zero-order valence-corrected chi connectivity index (χ0v) is 14.5. The highest BCUT2D eigenvalue weighted by Gasteiger charge is 2.04. The van der Waals surface area contributed by atoms with Crippen molar-refractivity contribution < 1.29 is 13.9 Å². The average Bonchev–Trinajstić information content (AvgIpc) is 3.23. The highest BCUT2D eigenvalue weighted by atomic mass is 79.9. The molecule has 0 saturated carbocycles. The summed E-state index contributed by atoms with van der Waals surface area (Å²) in [6.07, 6.45) is 4.84. The van der Waals surface area contributed by atoms with E-state index in [9.17, 15) is 4.79 Å². The molecule has 0 amide bonds. The third kappa shape index (κ3) is 4.43. The van der Waals surface area contributed by atoms with Gasteiger partial charge in [0.2, 0.25) is 0 Å². The molecule has 0 N–H and O–H groups in total. The van der Waals surface area contributed by atoms with E-state index in [-0.39, 0.29) is 12.6 Å². The maximum atomic E-state index is 11.8. The first-order valence-electron chi connectivity index (χ1n) is 6.94. The number of furan rings is 1. The van der Waals surface area contributed by atoms with E-state index < -0.39 is 0 Å². The zero-order chi connectivity index (χ0) is 16.1. The van der Waals surface area contributed by atoms with Gasteiger partial charge in [0.25, 0.3) is 0 Å². The van der Waals surface area contributed by atoms with Crippen molar-refractivity contribution in [3.8, 4) is 10.6 Å². The van der Waals surface area contributed by atoms with Gasteiger partial charge in [-0.05, 0) is 48.0 Å². The molecule has 0 bridgehead atoms. The van der Waals surface area contributed by atoms with Crippen LogP contribution in [0.1, 0.15) is 10.4 Å². The third-order valence-corrected chi connectivity index (χ3v) is 4.66. The molecule has 1 aromatic carbocycles. The minimum Gasteiger partial charge on any atom is -0.464 e. The number of rotatable bonds is 5. The molecule has 0 atom stereocenters. The lowest BCUT2D eigenvalue weighted by Crippen LogP contribution is -2.00. The van der Waals surface area contributed by atoms with E-state index in [0.29, 0.717) is 0 Å². The number of ether oxygens (including phenoxy) is 1. The Kier molecular flexibility index (Phi) is 5.10. The maximum absolute atomic E-state index is 11.8. The largest absolute Gasteiger partial charge is 0.464 e. The van der Waals surface area contributed by atoms with Gasteiger partial charge in [0.05, 0.1) is 11.1 Å². The molecule has 0 radical (unpaired) electrons. The molecule has 23 heavy (non-hydrogen) atoms. The lowest BCUT2D eigenvalue weighted by molar-refractivity contribution is -0.138. The number of carbonyl (C=O) groups is 1. The lowest BCUT2D eigenvalue weighted by Gasteiger charge is -2.02. The lowest BCUT2D eigenvalue weighted by atomic mass is 10.2. The minimum atomic E-state index is -0.360. The van der Waals surface area contributed by atoms with Crippen LogP contribution in [-0.4, -0.2) is 5.97 Å². The molecule has 0 spiro atoms. The molecule has 3 nitrogen and oxygen atoms in total. The third-order valence-electron chi connectivity index (χ3n) is 3.07. The van der Waals surface area contributed by atoms with E-state index in [1.165, 1.54) is 6.08 Å². The van der Waals surface area contributed by atoms with Crippen molar-refractivity contribution in [1.29, 1.82) is 0 Å². The molecular weight excluding hydrogens is 376 g/mol. The zero-order valence-electron chi connectivity index (χ0n) is 12.1. The van der Waals surface area contributed by atoms with E-state index in [1.54, 1.807) is 23.7 Å². The van der Waals surface area contributed by atoms with E-state index in [4.69, 9.17) is 9.15 Å². The predicted molar refractivity (Wildman–Crippen MR) is 95.0 cm³/mol. The van der Waals surface area contributed by atoms with Crippen LogP contribution in [0.25, 0.3) is 16.7 Å². The van der Waals surface area contributed by atoms with Crippen LogP contribution in [0.5, 0.6) is 0 Å². The van der Waals surface area contributed by atoms with Crippen LogP contribution >= 0.6 is 27.3 Å². The molecule has 0 saturated heterocycles. The topological polar surface area (TPSA) is 39.4 Å². The van der Waals surface area contributed by atoms with Gasteiger partial charge in [-0.3, -0.25) is 0 Å². The van der Waals surface area contributed by atoms with Gasteiger partial charge in [-0.25, -0.2) is 4.79 Å². The SMILES string of the molecule is O=C(/C=C/c1ccc(-c2ccco2)s1)OCc1ccc(Br)cc1. The predicted octanol–water partition coefficient (Wildman–Crippen LogP) is 5.53. The standard InChI is InChI=1S/C18H13BrO3S/c19-14-5-3-13(4-6-14)12-22-18(20)10-8-15-7-9-17(23-15)16-2-1-11-21-16/h1-11H,12H2/b10-8+. The van der Waals surface area contributed by atoms with Gasteiger partial charge in [0.1, 0.15) is 12.4 Å². The van der Waals surface area contributed by atoms with E-state index >= 15 is 0 Å². The Labute approximate surface area is 146 Å². The van der Waals surface area contributed by atoms with Gasteiger partial charge in [-0.15, -0.1) is 11.3 Å². The Hall–Kier alpha value is -2.11. The molecule has 2 heterocycles. The van der Waals surface area contributed by atoms with Crippen molar-refractivity contribution in [2.75, 3.05) is 0 Å². The first-order valence-corrected chi connectivity index (χ1v) is 8.55. The Morgan fingerprint density at radius 3 is 2.74 bits per heavy atom. The molecule has 0 aliphatic heterocycles. The number of hydrogen-bond acceptors (Lipinski definition) is 4. The summed E-state index contributed by atoms with van der Waals surface area (Å²) in [5.74, 6) is 0.466. The highest BCUT2D eigenvalue weighted by molar-refractivity contribution is 9.10. The Morgan fingerprint density at radius 2 is 2.00 bits per heavy atom. The van der Waals surface area contributed by atoms with Crippen LogP contribution in [0.15, 0.2) is 69.8 Å². The second-order valence-corrected chi connectivity index (χ2v) is 6.78. The Morgan fingerprint density at radius 1 is 1.17 bits per heavy atom. The van der Waals surface area contributed by atoms with Crippen molar-refractivity contribution >= 4 is 39.3 Å². The fourth-order valence-electron chi connectivity index (χ4n) is 1.93. The van der Waals surface area contributed by atoms with Crippen LogP contribution in [0.2, 0.25) is 0 Å². The summed E-state index contributed by atoms with van der Waals surface area (Å²) in [7, 11) is 0. The molecule has 5 heteroatoms. The van der Waals surface area contributed by atoms with Crippen LogP contribution in [-0.2, 0) is 16.1 Å². The van der Waals surface area contributed by atoms with Crippen LogP contribution < -0.4 is 0 Å². The van der Waals surface area contributed by atoms with Crippen molar-refractivity contribution in [3.63, 3.8) is 0 Å². The molecular formula is C18H13BrO3S. The van der Waals surface area contributed by atoms with Crippen LogP contribution in [0, 0.1) is 0 Å². The summed E-state index contributed by atoms with van der Waals surface area (Å²) in [6.45, 7) is 0.262. The molecule has 0 aliphatic rings. The van der Waals surface area contributed by atoms with Crippen molar-refractivity contribution in [2.45, 2.75) is 6.61 Å². The first kappa shape index (κ1) is 15.8. The molecule has 0 fully saturated rings. The van der Waals surface area contributed by atoms with Crippen molar-refractivity contribution in [1.82, 2.24) is 0 Å². The number of thiophene rings is 1. The van der Waals surface area contributed by atoms with Gasteiger partial charge < -0.3 is 9.15 Å². The molecule has 0 unspecified atom stereocenters. The highest BCUT2D eigenvalue weighted by Crippen LogP contribution is 2.29. The van der Waals surface area contributed by atoms with E-state index in [2.05, 4.69) is 15.9 Å². The Balaban J connectivity index is 1.55. The molecule has 2 aromatic heterocycles. The van der Waals surface area contributed by atoms with Gasteiger partial charge in [-0.1, -0.05) is 28.1 Å². The van der Waals surface area contributed by atoms with Gasteiger partial charge in [0.15, 0.2) is 0 Å². The monoisotopic (exact) mass is 388 g/mol. The molecule has 116 valence electrons. The molecule has 3 rings (SSSR count). The minimum absolute atomic E-state index is 0.262. The average molecular weight is 389 g/mol. The quantitative estimate of drug-likeness (QED) is 0.426. The number of hydrogen-bond donors (Lipinski definition) is 0. The smallest absolute Gasteiger partial charge is 0.331 e. The molecule has 0 aliphatic carbocycles. The van der Waals surface area contributed by atoms with Gasteiger partial charge in [0, 0.05) is 15.4 Å². The molecule has 3 aromatic rings. The normalized spacial score (nSPS) is 11.0. The number of esters is 1. The van der Waals surface area contributed by atoms with Crippen molar-refractivity contribution in [2.24, 2.45) is 0 Å². The summed E-state index contributed by atoms with van der Waals surface area (Å²) >= 11 is 4.92. The second kappa shape index (κ2) is 7.44. The fraction of sp³-hybridized carbons (Fsp3) is 0.0556.